The minimum absolute atomic E-state index is 0.0572. The van der Waals surface area contributed by atoms with Crippen LogP contribution in [0.1, 0.15) is 34.4 Å². The van der Waals surface area contributed by atoms with Crippen molar-refractivity contribution in [3.8, 4) is 6.07 Å². The molecule has 4 N–H and O–H groups in total. The number of aromatic nitrogens is 3. The van der Waals surface area contributed by atoms with Gasteiger partial charge in [0.05, 0.1) is 17.5 Å². The molecule has 0 unspecified atom stereocenters. The number of nitrogens with two attached hydrogens (primary N) is 1. The summed E-state index contributed by atoms with van der Waals surface area (Å²) < 4.78 is 14.1. The van der Waals surface area contributed by atoms with E-state index in [9.17, 15) is 14.4 Å². The first-order valence-electron chi connectivity index (χ1n) is 9.77. The third kappa shape index (κ3) is 4.90. The summed E-state index contributed by atoms with van der Waals surface area (Å²) >= 11 is 2.60. The van der Waals surface area contributed by atoms with E-state index in [1.165, 1.54) is 39.2 Å². The van der Waals surface area contributed by atoms with Gasteiger partial charge in [-0.15, -0.1) is 21.5 Å². The second kappa shape index (κ2) is 9.80. The predicted octanol–water partition coefficient (Wildman–Crippen LogP) is 3.12. The maximum atomic E-state index is 12.9. The Morgan fingerprint density at radius 1 is 1.34 bits per heavy atom. The van der Waals surface area contributed by atoms with E-state index in [-0.39, 0.29) is 23.4 Å². The van der Waals surface area contributed by atoms with Crippen LogP contribution in [-0.4, -0.2) is 32.7 Å². The van der Waals surface area contributed by atoms with E-state index in [4.69, 9.17) is 5.84 Å². The van der Waals surface area contributed by atoms with E-state index in [1.807, 2.05) is 0 Å². The van der Waals surface area contributed by atoms with E-state index in [2.05, 4.69) is 32.1 Å². The number of anilines is 2. The molecule has 3 aromatic rings. The number of thioether (sulfide) groups is 1. The number of aryl methyl sites for hydroxylation is 1. The second-order valence-electron chi connectivity index (χ2n) is 6.96. The van der Waals surface area contributed by atoms with Crippen LogP contribution < -0.4 is 16.6 Å². The Bertz CT molecular complexity index is 1200. The zero-order valence-electron chi connectivity index (χ0n) is 16.8. The van der Waals surface area contributed by atoms with Gasteiger partial charge in [0.15, 0.2) is 0 Å². The minimum atomic E-state index is -0.329. The van der Waals surface area contributed by atoms with Gasteiger partial charge in [-0.3, -0.25) is 4.79 Å². The van der Waals surface area contributed by atoms with Crippen LogP contribution in [0.25, 0.3) is 0 Å². The molecule has 1 aliphatic rings. The Morgan fingerprint density at radius 2 is 2.12 bits per heavy atom. The largest absolute Gasteiger partial charge is 0.334 e. The molecule has 0 saturated heterocycles. The highest BCUT2D eigenvalue weighted by atomic mass is 32.2. The maximum absolute atomic E-state index is 12.9. The number of benzene rings is 1. The van der Waals surface area contributed by atoms with E-state index >= 15 is 0 Å². The van der Waals surface area contributed by atoms with Gasteiger partial charge in [-0.05, 0) is 48.9 Å². The van der Waals surface area contributed by atoms with Crippen LogP contribution in [0.4, 0.5) is 15.3 Å². The fraction of sp³-hybridized carbons (Fsp3) is 0.250. The predicted molar refractivity (Wildman–Crippen MR) is 123 cm³/mol. The molecule has 0 atom stereocenters. The normalized spacial score (nSPS) is 13.0. The number of carbonyl (C=O) groups excluding carboxylic acids is 1. The molecule has 1 aromatic carbocycles. The van der Waals surface area contributed by atoms with Gasteiger partial charge in [0.2, 0.25) is 11.1 Å². The monoisotopic (exact) mass is 470 g/mol. The summed E-state index contributed by atoms with van der Waals surface area (Å²) in [5, 5.41) is 25.1. The number of hydrogen-bond acceptors (Lipinski definition) is 9. The summed E-state index contributed by atoms with van der Waals surface area (Å²) in [6.45, 7) is 0. The highest BCUT2D eigenvalue weighted by Crippen LogP contribution is 2.37. The quantitative estimate of drug-likeness (QED) is 0.209. The third-order valence-electron chi connectivity index (χ3n) is 4.78. The van der Waals surface area contributed by atoms with Gasteiger partial charge < -0.3 is 11.2 Å². The highest BCUT2D eigenvalue weighted by molar-refractivity contribution is 7.99. The van der Waals surface area contributed by atoms with E-state index in [0.29, 0.717) is 21.3 Å². The SMILES string of the molecule is N#Cc1c(NC(=O)CSc2nnc(N/N=C/c3ccc(F)cc3)n2N)sc2c1CCCC2. The first kappa shape index (κ1) is 21.8. The van der Waals surface area contributed by atoms with Crippen LogP contribution in [0.2, 0.25) is 0 Å². The number of hydrazone groups is 1. The number of fused-ring (bicyclic) bond motifs is 1. The van der Waals surface area contributed by atoms with E-state index in [0.717, 1.165) is 43.0 Å². The van der Waals surface area contributed by atoms with Crippen LogP contribution in [0, 0.1) is 17.1 Å². The van der Waals surface area contributed by atoms with Crippen LogP contribution >= 0.6 is 23.1 Å². The van der Waals surface area contributed by atoms with E-state index in [1.54, 1.807) is 12.1 Å². The lowest BCUT2D eigenvalue weighted by molar-refractivity contribution is -0.113. The lowest BCUT2D eigenvalue weighted by Gasteiger charge is -2.09. The number of nitrogens with one attached hydrogen (secondary N) is 2. The molecule has 0 fully saturated rings. The topological polar surface area (TPSA) is 134 Å². The van der Waals surface area contributed by atoms with Crippen LogP contribution in [0.3, 0.4) is 0 Å². The Balaban J connectivity index is 1.33. The summed E-state index contributed by atoms with van der Waals surface area (Å²) in [5.74, 6) is 5.63. The summed E-state index contributed by atoms with van der Waals surface area (Å²) in [6.07, 6.45) is 5.50. The van der Waals surface area contributed by atoms with Crippen molar-refractivity contribution in [3.63, 3.8) is 0 Å². The number of nitrogens with zero attached hydrogens (tertiary/aromatic N) is 5. The van der Waals surface area contributed by atoms with Gasteiger partial charge in [0.1, 0.15) is 16.9 Å². The molecular weight excluding hydrogens is 451 g/mol. The molecule has 0 spiro atoms. The molecule has 32 heavy (non-hydrogen) atoms. The Morgan fingerprint density at radius 3 is 2.91 bits per heavy atom. The molecular formula is C20H19FN8OS2. The number of nitriles is 1. The molecule has 2 aromatic heterocycles. The fourth-order valence-corrected chi connectivity index (χ4v) is 5.14. The standard InChI is InChI=1S/C20H19FN8OS2/c21-13-7-5-12(6-8-13)10-24-26-19-27-28-20(29(19)23)31-11-17(30)25-18-15(9-22)14-3-1-2-4-16(14)32-18/h5-8,10H,1-4,11,23H2,(H,25,30)(H,26,27)/b24-10+. The lowest BCUT2D eigenvalue weighted by Crippen LogP contribution is -2.17. The van der Waals surface area contributed by atoms with Gasteiger partial charge in [0, 0.05) is 4.88 Å². The Kier molecular flexibility index (Phi) is 6.67. The molecule has 1 aliphatic carbocycles. The number of hydrogen-bond donors (Lipinski definition) is 3. The molecule has 12 heteroatoms. The zero-order valence-corrected chi connectivity index (χ0v) is 18.5. The average Bonchev–Trinajstić information content (AvgIpc) is 3.33. The Labute approximate surface area is 191 Å². The van der Waals surface area contributed by atoms with E-state index < -0.39 is 0 Å². The van der Waals surface area contributed by atoms with Gasteiger partial charge in [-0.2, -0.15) is 10.4 Å². The molecule has 0 radical (unpaired) electrons. The van der Waals surface area contributed by atoms with Crippen LogP contribution in [-0.2, 0) is 17.6 Å². The van der Waals surface area contributed by atoms with Gasteiger partial charge in [-0.25, -0.2) is 14.5 Å². The van der Waals surface area contributed by atoms with Crippen molar-refractivity contribution >= 4 is 46.2 Å². The van der Waals surface area contributed by atoms with Gasteiger partial charge in [0.25, 0.3) is 5.95 Å². The van der Waals surface area contributed by atoms with Crippen molar-refractivity contribution < 1.29 is 9.18 Å². The van der Waals surface area contributed by atoms with Crippen molar-refractivity contribution in [1.29, 1.82) is 5.26 Å². The number of halogens is 1. The van der Waals surface area contributed by atoms with Crippen molar-refractivity contribution in [1.82, 2.24) is 14.9 Å². The fourth-order valence-electron chi connectivity index (χ4n) is 3.23. The number of carbonyl (C=O) groups is 1. The average molecular weight is 471 g/mol. The number of amides is 1. The lowest BCUT2D eigenvalue weighted by atomic mass is 9.96. The first-order valence-corrected chi connectivity index (χ1v) is 11.6. The van der Waals surface area contributed by atoms with Gasteiger partial charge in [-0.1, -0.05) is 23.9 Å². The number of rotatable bonds is 7. The summed E-state index contributed by atoms with van der Waals surface area (Å²) in [7, 11) is 0. The highest BCUT2D eigenvalue weighted by Gasteiger charge is 2.22. The number of nitrogen functional groups attached to an aromatic ring is 1. The molecule has 9 nitrogen and oxygen atoms in total. The molecule has 0 aliphatic heterocycles. The summed E-state index contributed by atoms with van der Waals surface area (Å²) in [4.78, 5) is 13.6. The Hall–Kier alpha value is -3.43. The summed E-state index contributed by atoms with van der Waals surface area (Å²) in [6, 6.07) is 8.05. The zero-order chi connectivity index (χ0) is 22.5. The maximum Gasteiger partial charge on any atom is 0.264 e. The smallest absolute Gasteiger partial charge is 0.264 e. The van der Waals surface area contributed by atoms with Crippen molar-refractivity contribution in [2.24, 2.45) is 5.10 Å². The molecule has 4 rings (SSSR count). The van der Waals surface area contributed by atoms with Gasteiger partial charge >= 0.3 is 0 Å². The van der Waals surface area contributed by atoms with Crippen molar-refractivity contribution in [2.75, 3.05) is 22.3 Å². The molecule has 0 saturated carbocycles. The molecule has 0 bridgehead atoms. The molecule has 164 valence electrons. The van der Waals surface area contributed by atoms with Crippen molar-refractivity contribution in [3.05, 3.63) is 51.7 Å². The summed E-state index contributed by atoms with van der Waals surface area (Å²) in [5.41, 5.74) is 5.01. The van der Waals surface area contributed by atoms with Crippen LogP contribution in [0.5, 0.6) is 0 Å². The van der Waals surface area contributed by atoms with Crippen LogP contribution in [0.15, 0.2) is 34.5 Å². The third-order valence-corrected chi connectivity index (χ3v) is 6.93. The van der Waals surface area contributed by atoms with Crippen molar-refractivity contribution in [2.45, 2.75) is 30.8 Å². The second-order valence-corrected chi connectivity index (χ2v) is 9.01. The minimum Gasteiger partial charge on any atom is -0.334 e. The molecule has 1 amide bonds. The number of thiophene rings is 1. The first-order chi connectivity index (χ1) is 15.5. The molecule has 2 heterocycles.